The van der Waals surface area contributed by atoms with Crippen molar-refractivity contribution in [3.05, 3.63) is 30.1 Å². The molecule has 1 N–H and O–H groups in total. The highest BCUT2D eigenvalue weighted by atomic mass is 32.2. The van der Waals surface area contributed by atoms with Crippen molar-refractivity contribution >= 4 is 9.84 Å². The topological polar surface area (TPSA) is 59.1 Å². The first-order valence-corrected chi connectivity index (χ1v) is 6.80. The lowest BCUT2D eigenvalue weighted by atomic mass is 10.2. The van der Waals surface area contributed by atoms with E-state index < -0.39 is 9.84 Å². The third kappa shape index (κ3) is 3.00. The van der Waals surface area contributed by atoms with Crippen molar-refractivity contribution in [2.24, 2.45) is 0 Å². The maximum atomic E-state index is 11.2. The minimum Gasteiger partial charge on any atom is -0.309 e. The van der Waals surface area contributed by atoms with E-state index in [0.29, 0.717) is 12.3 Å². The van der Waals surface area contributed by atoms with E-state index in [1.165, 1.54) is 0 Å². The molecule has 1 unspecified atom stereocenters. The molecule has 0 amide bonds. The molecule has 1 aromatic heterocycles. The molecule has 15 heavy (non-hydrogen) atoms. The third-order valence-electron chi connectivity index (χ3n) is 2.58. The molecule has 0 radical (unpaired) electrons. The summed E-state index contributed by atoms with van der Waals surface area (Å²) in [5.74, 6) is 0.596. The average molecular weight is 226 g/mol. The van der Waals surface area contributed by atoms with Gasteiger partial charge in [-0.1, -0.05) is 0 Å². The van der Waals surface area contributed by atoms with Crippen molar-refractivity contribution in [2.75, 3.05) is 11.5 Å². The van der Waals surface area contributed by atoms with E-state index in [1.807, 2.05) is 12.1 Å². The van der Waals surface area contributed by atoms with Crippen LogP contribution >= 0.6 is 0 Å². The fourth-order valence-electron chi connectivity index (χ4n) is 1.72. The van der Waals surface area contributed by atoms with Gasteiger partial charge in [0.25, 0.3) is 0 Å². The Balaban J connectivity index is 1.85. The van der Waals surface area contributed by atoms with Gasteiger partial charge in [-0.05, 0) is 24.1 Å². The van der Waals surface area contributed by atoms with Gasteiger partial charge in [0.05, 0.1) is 11.5 Å². The van der Waals surface area contributed by atoms with Crippen LogP contribution in [0.2, 0.25) is 0 Å². The largest absolute Gasteiger partial charge is 0.309 e. The minimum absolute atomic E-state index is 0.114. The Morgan fingerprint density at radius 1 is 1.40 bits per heavy atom. The van der Waals surface area contributed by atoms with Gasteiger partial charge in [-0.3, -0.25) is 4.98 Å². The van der Waals surface area contributed by atoms with Crippen LogP contribution in [0.3, 0.4) is 0 Å². The summed E-state index contributed by atoms with van der Waals surface area (Å²) in [4.78, 5) is 3.92. The average Bonchev–Trinajstić information content (AvgIpc) is 2.57. The Morgan fingerprint density at radius 2 is 2.13 bits per heavy atom. The Kier molecular flexibility index (Phi) is 3.02. The van der Waals surface area contributed by atoms with Crippen molar-refractivity contribution in [1.82, 2.24) is 10.3 Å². The highest BCUT2D eigenvalue weighted by Crippen LogP contribution is 2.11. The Hall–Kier alpha value is -0.940. The van der Waals surface area contributed by atoms with E-state index in [-0.39, 0.29) is 11.8 Å². The maximum absolute atomic E-state index is 11.2. The number of hydrogen-bond donors (Lipinski definition) is 1. The third-order valence-corrected chi connectivity index (χ3v) is 4.34. The molecule has 1 aliphatic rings. The van der Waals surface area contributed by atoms with Gasteiger partial charge in [-0.15, -0.1) is 0 Å². The molecule has 82 valence electrons. The van der Waals surface area contributed by atoms with E-state index in [9.17, 15) is 8.42 Å². The summed E-state index contributed by atoms with van der Waals surface area (Å²) in [7, 11) is -2.77. The Labute approximate surface area is 89.6 Å². The first kappa shape index (κ1) is 10.6. The number of aromatic nitrogens is 1. The second-order valence-corrected chi connectivity index (χ2v) is 6.07. The lowest BCUT2D eigenvalue weighted by Crippen LogP contribution is -2.29. The maximum Gasteiger partial charge on any atom is 0.151 e. The highest BCUT2D eigenvalue weighted by Gasteiger charge is 2.27. The van der Waals surface area contributed by atoms with Gasteiger partial charge in [-0.25, -0.2) is 8.42 Å². The molecule has 0 aromatic carbocycles. The summed E-state index contributed by atoms with van der Waals surface area (Å²) >= 11 is 0. The van der Waals surface area contributed by atoms with Crippen LogP contribution in [0.25, 0.3) is 0 Å². The molecule has 5 heteroatoms. The molecule has 1 aromatic rings. The quantitative estimate of drug-likeness (QED) is 0.808. The number of pyridine rings is 1. The second-order valence-electron chi connectivity index (χ2n) is 3.84. The molecule has 1 atom stereocenters. The Morgan fingerprint density at radius 3 is 2.73 bits per heavy atom. The fraction of sp³-hybridized carbons (Fsp3) is 0.500. The van der Waals surface area contributed by atoms with Gasteiger partial charge >= 0.3 is 0 Å². The normalized spacial score (nSPS) is 24.1. The molecule has 1 aliphatic heterocycles. The molecule has 4 nitrogen and oxygen atoms in total. The number of nitrogens with one attached hydrogen (secondary N) is 1. The van der Waals surface area contributed by atoms with Crippen LogP contribution in [0.4, 0.5) is 0 Å². The SMILES string of the molecule is O=S1(=O)CCC(NCc2ccncc2)C1. The van der Waals surface area contributed by atoms with E-state index in [0.717, 1.165) is 12.0 Å². The standard InChI is InChI=1S/C10H14N2O2S/c13-15(14)6-3-10(8-15)12-7-9-1-4-11-5-2-9/h1-2,4-5,10,12H,3,6-8H2. The molecule has 0 bridgehead atoms. The Bertz CT molecular complexity index is 416. The molecule has 1 fully saturated rings. The molecule has 1 saturated heterocycles. The van der Waals surface area contributed by atoms with Gasteiger partial charge in [0.15, 0.2) is 9.84 Å². The lowest BCUT2D eigenvalue weighted by molar-refractivity contribution is 0.554. The van der Waals surface area contributed by atoms with Gasteiger partial charge in [0.2, 0.25) is 0 Å². The lowest BCUT2D eigenvalue weighted by Gasteiger charge is -2.09. The second kappa shape index (κ2) is 4.28. The number of sulfone groups is 1. The zero-order valence-corrected chi connectivity index (χ0v) is 9.20. The van der Waals surface area contributed by atoms with E-state index in [4.69, 9.17) is 0 Å². The van der Waals surface area contributed by atoms with Gasteiger partial charge in [0, 0.05) is 25.0 Å². The van der Waals surface area contributed by atoms with Gasteiger partial charge in [-0.2, -0.15) is 0 Å². The molecule has 2 rings (SSSR count). The monoisotopic (exact) mass is 226 g/mol. The summed E-state index contributed by atoms with van der Waals surface area (Å²) in [5, 5.41) is 3.25. The molecule has 2 heterocycles. The smallest absolute Gasteiger partial charge is 0.151 e. The summed E-state index contributed by atoms with van der Waals surface area (Å²) < 4.78 is 22.4. The fourth-order valence-corrected chi connectivity index (χ4v) is 3.43. The van der Waals surface area contributed by atoms with E-state index in [1.54, 1.807) is 12.4 Å². The van der Waals surface area contributed by atoms with Crippen LogP contribution in [0.1, 0.15) is 12.0 Å². The van der Waals surface area contributed by atoms with Gasteiger partial charge < -0.3 is 5.32 Å². The number of hydrogen-bond acceptors (Lipinski definition) is 4. The first-order valence-electron chi connectivity index (χ1n) is 4.98. The van der Waals surface area contributed by atoms with E-state index in [2.05, 4.69) is 10.3 Å². The summed E-state index contributed by atoms with van der Waals surface area (Å²) in [5.41, 5.74) is 1.13. The predicted molar refractivity (Wildman–Crippen MR) is 58.1 cm³/mol. The molecular formula is C10H14N2O2S. The summed E-state index contributed by atoms with van der Waals surface area (Å²) in [6.45, 7) is 0.711. The van der Waals surface area contributed by atoms with Crippen molar-refractivity contribution < 1.29 is 8.42 Å². The summed E-state index contributed by atoms with van der Waals surface area (Å²) in [6.07, 6.45) is 4.21. The first-order chi connectivity index (χ1) is 7.16. The number of rotatable bonds is 3. The van der Waals surface area contributed by atoms with Crippen molar-refractivity contribution in [3.63, 3.8) is 0 Å². The van der Waals surface area contributed by atoms with Crippen LogP contribution in [0.15, 0.2) is 24.5 Å². The zero-order valence-electron chi connectivity index (χ0n) is 8.39. The molecule has 0 saturated carbocycles. The van der Waals surface area contributed by atoms with Crippen LogP contribution in [-0.2, 0) is 16.4 Å². The predicted octanol–water partition coefficient (Wildman–Crippen LogP) is 0.358. The van der Waals surface area contributed by atoms with Crippen LogP contribution in [0, 0.1) is 0 Å². The van der Waals surface area contributed by atoms with Crippen molar-refractivity contribution in [2.45, 2.75) is 19.0 Å². The van der Waals surface area contributed by atoms with Gasteiger partial charge in [0.1, 0.15) is 0 Å². The van der Waals surface area contributed by atoms with Crippen molar-refractivity contribution in [3.8, 4) is 0 Å². The van der Waals surface area contributed by atoms with E-state index >= 15 is 0 Å². The van der Waals surface area contributed by atoms with Crippen LogP contribution in [0.5, 0.6) is 0 Å². The minimum atomic E-state index is -2.77. The molecule has 0 spiro atoms. The van der Waals surface area contributed by atoms with Crippen molar-refractivity contribution in [1.29, 1.82) is 0 Å². The summed E-state index contributed by atoms with van der Waals surface area (Å²) in [6, 6.07) is 3.97. The number of nitrogens with zero attached hydrogens (tertiary/aromatic N) is 1. The molecule has 0 aliphatic carbocycles. The van der Waals surface area contributed by atoms with Crippen LogP contribution in [-0.4, -0.2) is 30.9 Å². The zero-order chi connectivity index (χ0) is 10.7. The highest BCUT2D eigenvalue weighted by molar-refractivity contribution is 7.91. The molecular weight excluding hydrogens is 212 g/mol. The van der Waals surface area contributed by atoms with Crippen LogP contribution < -0.4 is 5.32 Å².